The second-order valence-corrected chi connectivity index (χ2v) is 8.78. The smallest absolute Gasteiger partial charge is 0.251 e. The van der Waals surface area contributed by atoms with Gasteiger partial charge in [-0.1, -0.05) is 12.1 Å². The molecule has 1 aromatic heterocycles. The summed E-state index contributed by atoms with van der Waals surface area (Å²) < 4.78 is 13.4. The van der Waals surface area contributed by atoms with Crippen LogP contribution in [0, 0.1) is 13.8 Å². The van der Waals surface area contributed by atoms with Crippen LogP contribution in [0.1, 0.15) is 59.2 Å². The third-order valence-electron chi connectivity index (χ3n) is 5.63. The van der Waals surface area contributed by atoms with Gasteiger partial charge in [0.2, 0.25) is 0 Å². The molecular formula is C25H29N3O3. The van der Waals surface area contributed by atoms with E-state index in [1.54, 1.807) is 7.11 Å². The van der Waals surface area contributed by atoms with Crippen LogP contribution in [-0.4, -0.2) is 28.4 Å². The van der Waals surface area contributed by atoms with Crippen molar-refractivity contribution in [2.24, 2.45) is 0 Å². The maximum absolute atomic E-state index is 13.0. The first-order chi connectivity index (χ1) is 14.7. The first-order valence-electron chi connectivity index (χ1n) is 10.5. The highest BCUT2D eigenvalue weighted by Crippen LogP contribution is 2.41. The summed E-state index contributed by atoms with van der Waals surface area (Å²) in [4.78, 5) is 13.0. The number of aryl methyl sites for hydroxylation is 2. The highest BCUT2D eigenvalue weighted by molar-refractivity contribution is 5.94. The molecule has 2 heterocycles. The average molecular weight is 420 g/mol. The number of fused-ring (bicyclic) bond motifs is 1. The van der Waals surface area contributed by atoms with E-state index in [2.05, 4.69) is 16.5 Å². The highest BCUT2D eigenvalue weighted by atomic mass is 16.5. The van der Waals surface area contributed by atoms with Crippen LogP contribution >= 0.6 is 0 Å². The third kappa shape index (κ3) is 4.58. The van der Waals surface area contributed by atoms with E-state index in [1.807, 2.05) is 74.8 Å². The van der Waals surface area contributed by atoms with Crippen LogP contribution in [0.5, 0.6) is 11.5 Å². The number of carbonyl (C=O) groups excluding carboxylic acids is 1. The molecular weight excluding hydrogens is 390 g/mol. The molecule has 0 fully saturated rings. The molecule has 4 rings (SSSR count). The van der Waals surface area contributed by atoms with Gasteiger partial charge in [0.05, 0.1) is 25.4 Å². The van der Waals surface area contributed by atoms with Crippen molar-refractivity contribution in [3.8, 4) is 11.5 Å². The van der Waals surface area contributed by atoms with Gasteiger partial charge in [-0.05, 0) is 69.7 Å². The molecule has 3 aromatic rings. The minimum absolute atomic E-state index is 0.103. The number of ether oxygens (including phenoxy) is 2. The van der Waals surface area contributed by atoms with Crippen molar-refractivity contribution in [1.82, 2.24) is 15.1 Å². The number of methoxy groups -OCH3 is 1. The zero-order valence-corrected chi connectivity index (χ0v) is 18.7. The number of amides is 1. The lowest BCUT2D eigenvalue weighted by molar-refractivity contribution is 0.0618. The average Bonchev–Trinajstić information content (AvgIpc) is 3.04. The molecule has 0 spiro atoms. The van der Waals surface area contributed by atoms with Crippen molar-refractivity contribution in [1.29, 1.82) is 0 Å². The minimum Gasteiger partial charge on any atom is -0.497 e. The lowest BCUT2D eigenvalue weighted by Gasteiger charge is -2.38. The van der Waals surface area contributed by atoms with Gasteiger partial charge < -0.3 is 14.8 Å². The third-order valence-corrected chi connectivity index (χ3v) is 5.63. The Labute approximate surface area is 183 Å². The van der Waals surface area contributed by atoms with E-state index in [1.165, 1.54) is 0 Å². The van der Waals surface area contributed by atoms with Crippen molar-refractivity contribution < 1.29 is 14.3 Å². The van der Waals surface area contributed by atoms with Gasteiger partial charge in [0.25, 0.3) is 5.91 Å². The molecule has 162 valence electrons. The van der Waals surface area contributed by atoms with Crippen molar-refractivity contribution in [3.05, 3.63) is 76.6 Å². The highest BCUT2D eigenvalue weighted by Gasteiger charge is 2.35. The number of nitrogens with one attached hydrogen (secondary N) is 1. The Balaban J connectivity index is 1.51. The number of carbonyl (C=O) groups is 1. The molecule has 31 heavy (non-hydrogen) atoms. The van der Waals surface area contributed by atoms with Crippen molar-refractivity contribution in [3.63, 3.8) is 0 Å². The lowest BCUT2D eigenvalue weighted by Crippen LogP contribution is -2.41. The van der Waals surface area contributed by atoms with E-state index in [4.69, 9.17) is 9.47 Å². The van der Waals surface area contributed by atoms with Crippen LogP contribution in [0.15, 0.2) is 48.5 Å². The molecule has 1 aliphatic rings. The molecule has 0 saturated heterocycles. The summed E-state index contributed by atoms with van der Waals surface area (Å²) in [6, 6.07) is 15.3. The van der Waals surface area contributed by atoms with Gasteiger partial charge in [0.1, 0.15) is 17.1 Å². The monoisotopic (exact) mass is 419 g/mol. The molecule has 1 N–H and O–H groups in total. The first-order valence-corrected chi connectivity index (χ1v) is 10.5. The number of aromatic nitrogens is 2. The van der Waals surface area contributed by atoms with Gasteiger partial charge in [-0.25, -0.2) is 0 Å². The molecule has 0 aliphatic carbocycles. The fourth-order valence-corrected chi connectivity index (χ4v) is 4.10. The van der Waals surface area contributed by atoms with Crippen LogP contribution in [0.25, 0.3) is 0 Å². The van der Waals surface area contributed by atoms with Crippen LogP contribution in [0.4, 0.5) is 0 Å². The Morgan fingerprint density at radius 3 is 2.58 bits per heavy atom. The summed E-state index contributed by atoms with van der Waals surface area (Å²) in [7, 11) is 1.64. The Bertz CT molecular complexity index is 1100. The van der Waals surface area contributed by atoms with Gasteiger partial charge in [-0.3, -0.25) is 9.48 Å². The van der Waals surface area contributed by atoms with Crippen LogP contribution in [0.3, 0.4) is 0 Å². The zero-order valence-electron chi connectivity index (χ0n) is 18.7. The molecule has 6 heteroatoms. The maximum atomic E-state index is 13.0. The van der Waals surface area contributed by atoms with Gasteiger partial charge in [-0.2, -0.15) is 5.10 Å². The quantitative estimate of drug-likeness (QED) is 0.657. The fourth-order valence-electron chi connectivity index (χ4n) is 4.10. The zero-order chi connectivity index (χ0) is 22.2. The second-order valence-electron chi connectivity index (χ2n) is 8.78. The molecule has 1 atom stereocenters. The van der Waals surface area contributed by atoms with Crippen molar-refractivity contribution in [2.45, 2.75) is 52.3 Å². The molecule has 0 saturated carbocycles. The summed E-state index contributed by atoms with van der Waals surface area (Å²) in [6.07, 6.45) is 0.676. The van der Waals surface area contributed by atoms with E-state index in [0.29, 0.717) is 18.5 Å². The SMILES string of the molecule is COc1ccc2c(c1)[C@H](NC(=O)c1ccc(Cn3nc(C)cc3C)cc1)CC(C)(C)O2. The Hall–Kier alpha value is -3.28. The number of benzene rings is 2. The number of hydrogen-bond acceptors (Lipinski definition) is 4. The standard InChI is InChI=1S/C25H29N3O3/c1-16-12-17(2)28(27-16)15-18-6-8-19(9-7-18)24(29)26-22-14-25(3,4)31-23-11-10-20(30-5)13-21(22)23/h6-13,22H,14-15H2,1-5H3,(H,26,29)/t22-/m1/s1. The Morgan fingerprint density at radius 2 is 1.94 bits per heavy atom. The molecule has 1 aliphatic heterocycles. The summed E-state index contributed by atoms with van der Waals surface area (Å²) in [5, 5.41) is 7.69. The van der Waals surface area contributed by atoms with E-state index in [9.17, 15) is 4.79 Å². The first kappa shape index (κ1) is 21.0. The Morgan fingerprint density at radius 1 is 1.19 bits per heavy atom. The number of rotatable bonds is 5. The van der Waals surface area contributed by atoms with Gasteiger partial charge in [0.15, 0.2) is 0 Å². The molecule has 0 bridgehead atoms. The maximum Gasteiger partial charge on any atom is 0.251 e. The van der Waals surface area contributed by atoms with E-state index >= 15 is 0 Å². The van der Waals surface area contributed by atoms with Crippen LogP contribution in [0.2, 0.25) is 0 Å². The molecule has 2 aromatic carbocycles. The summed E-state index contributed by atoms with van der Waals surface area (Å²) in [5.41, 5.74) is 4.42. The fraction of sp³-hybridized carbons (Fsp3) is 0.360. The number of hydrogen-bond donors (Lipinski definition) is 1. The van der Waals surface area contributed by atoms with Crippen LogP contribution < -0.4 is 14.8 Å². The van der Waals surface area contributed by atoms with Crippen LogP contribution in [-0.2, 0) is 6.54 Å². The summed E-state index contributed by atoms with van der Waals surface area (Å²) in [5.74, 6) is 1.42. The predicted molar refractivity (Wildman–Crippen MR) is 120 cm³/mol. The van der Waals surface area contributed by atoms with Gasteiger partial charge >= 0.3 is 0 Å². The number of nitrogens with zero attached hydrogens (tertiary/aromatic N) is 2. The molecule has 0 unspecified atom stereocenters. The predicted octanol–water partition coefficient (Wildman–Crippen LogP) is 4.59. The van der Waals surface area contributed by atoms with E-state index in [0.717, 1.165) is 34.0 Å². The van der Waals surface area contributed by atoms with Gasteiger partial charge in [-0.15, -0.1) is 0 Å². The Kier molecular flexibility index (Phi) is 5.48. The topological polar surface area (TPSA) is 65.4 Å². The van der Waals surface area contributed by atoms with Crippen molar-refractivity contribution in [2.75, 3.05) is 7.11 Å². The van der Waals surface area contributed by atoms with Crippen molar-refractivity contribution >= 4 is 5.91 Å². The summed E-state index contributed by atoms with van der Waals surface area (Å²) in [6.45, 7) is 8.79. The van der Waals surface area contributed by atoms with E-state index in [-0.39, 0.29) is 17.6 Å². The summed E-state index contributed by atoms with van der Waals surface area (Å²) >= 11 is 0. The largest absolute Gasteiger partial charge is 0.497 e. The molecule has 6 nitrogen and oxygen atoms in total. The second kappa shape index (κ2) is 8.10. The molecule has 1 amide bonds. The van der Waals surface area contributed by atoms with E-state index < -0.39 is 0 Å². The lowest BCUT2D eigenvalue weighted by atomic mass is 9.89. The molecule has 0 radical (unpaired) electrons. The normalized spacial score (nSPS) is 16.9. The minimum atomic E-state index is -0.372. The van der Waals surface area contributed by atoms with Gasteiger partial charge in [0, 0.05) is 23.2 Å².